The van der Waals surface area contributed by atoms with Crippen LogP contribution < -0.4 is 5.32 Å². The molecule has 21 heavy (non-hydrogen) atoms. The molecule has 0 amide bonds. The van der Waals surface area contributed by atoms with E-state index < -0.39 is 0 Å². The molecule has 0 spiro atoms. The lowest BCUT2D eigenvalue weighted by atomic mass is 9.83. The second-order valence-electron chi connectivity index (χ2n) is 6.54. The highest BCUT2D eigenvalue weighted by atomic mass is 32.2. The molecular formula is C18H26FNS. The summed E-state index contributed by atoms with van der Waals surface area (Å²) in [5, 5.41) is 3.82. The fourth-order valence-electron chi connectivity index (χ4n) is 3.85. The average Bonchev–Trinajstić information content (AvgIpc) is 2.50. The summed E-state index contributed by atoms with van der Waals surface area (Å²) in [5.74, 6) is 1.98. The van der Waals surface area contributed by atoms with E-state index in [2.05, 4.69) is 12.2 Å². The van der Waals surface area contributed by atoms with E-state index in [0.29, 0.717) is 12.1 Å². The number of nitrogens with one attached hydrogen (secondary N) is 1. The normalized spacial score (nSPS) is 29.1. The van der Waals surface area contributed by atoms with Crippen LogP contribution in [-0.4, -0.2) is 11.8 Å². The van der Waals surface area contributed by atoms with E-state index in [1.54, 1.807) is 12.1 Å². The first-order chi connectivity index (χ1) is 10.3. The lowest BCUT2D eigenvalue weighted by molar-refractivity contribution is 0.260. The van der Waals surface area contributed by atoms with E-state index in [1.165, 1.54) is 49.0 Å². The summed E-state index contributed by atoms with van der Waals surface area (Å²) in [6.07, 6.45) is 9.13. The minimum atomic E-state index is -0.102. The molecule has 0 radical (unpaired) electrons. The number of benzene rings is 1. The molecule has 116 valence electrons. The predicted octanol–water partition coefficient (Wildman–Crippen LogP) is 5.31. The van der Waals surface area contributed by atoms with Crippen molar-refractivity contribution in [3.05, 3.63) is 29.6 Å². The Morgan fingerprint density at radius 1 is 1.19 bits per heavy atom. The van der Waals surface area contributed by atoms with Crippen molar-refractivity contribution < 1.29 is 4.39 Å². The van der Waals surface area contributed by atoms with E-state index in [1.807, 2.05) is 17.8 Å². The van der Waals surface area contributed by atoms with Gasteiger partial charge >= 0.3 is 0 Å². The molecule has 1 fully saturated rings. The third-order valence-electron chi connectivity index (χ3n) is 4.99. The largest absolute Gasteiger partial charge is 0.307 e. The standard InChI is InChI=1S/C18H26FNS/c1-2-3-13-4-7-15(8-5-13)20-17-10-11-21-18-9-6-14(19)12-16(17)18/h6,9,12-13,15,17,20H,2-5,7-8,10-11H2,1H3. The summed E-state index contributed by atoms with van der Waals surface area (Å²) in [4.78, 5) is 1.26. The summed E-state index contributed by atoms with van der Waals surface area (Å²) < 4.78 is 13.5. The summed E-state index contributed by atoms with van der Waals surface area (Å²) in [5.41, 5.74) is 1.18. The molecule has 1 atom stereocenters. The molecule has 0 aromatic heterocycles. The Morgan fingerprint density at radius 3 is 2.76 bits per heavy atom. The molecule has 0 bridgehead atoms. The molecule has 3 heteroatoms. The van der Waals surface area contributed by atoms with Crippen LogP contribution >= 0.6 is 11.8 Å². The second-order valence-corrected chi connectivity index (χ2v) is 7.68. The van der Waals surface area contributed by atoms with Crippen LogP contribution in [0.5, 0.6) is 0 Å². The van der Waals surface area contributed by atoms with E-state index in [4.69, 9.17) is 0 Å². The minimum absolute atomic E-state index is 0.102. The Morgan fingerprint density at radius 2 is 2.00 bits per heavy atom. The predicted molar refractivity (Wildman–Crippen MR) is 88.3 cm³/mol. The molecule has 1 unspecified atom stereocenters. The fraction of sp³-hybridized carbons (Fsp3) is 0.667. The highest BCUT2D eigenvalue weighted by Crippen LogP contribution is 2.38. The first-order valence-electron chi connectivity index (χ1n) is 8.44. The van der Waals surface area contributed by atoms with Crippen LogP contribution in [0.1, 0.15) is 63.5 Å². The molecule has 0 saturated heterocycles. The van der Waals surface area contributed by atoms with Gasteiger partial charge in [0.2, 0.25) is 0 Å². The van der Waals surface area contributed by atoms with E-state index in [9.17, 15) is 4.39 Å². The Bertz CT molecular complexity index is 468. The summed E-state index contributed by atoms with van der Waals surface area (Å²) in [6, 6.07) is 6.25. The maximum atomic E-state index is 13.5. The van der Waals surface area contributed by atoms with E-state index >= 15 is 0 Å². The van der Waals surface area contributed by atoms with E-state index in [-0.39, 0.29) is 5.82 Å². The maximum Gasteiger partial charge on any atom is 0.123 e. The SMILES string of the molecule is CCCC1CCC(NC2CCSc3ccc(F)cc32)CC1. The average molecular weight is 307 g/mol. The van der Waals surface area contributed by atoms with Crippen molar-refractivity contribution in [2.24, 2.45) is 5.92 Å². The van der Waals surface area contributed by atoms with Crippen molar-refractivity contribution in [2.45, 2.75) is 68.8 Å². The lowest BCUT2D eigenvalue weighted by Crippen LogP contribution is -2.37. The number of hydrogen-bond donors (Lipinski definition) is 1. The molecular weight excluding hydrogens is 281 g/mol. The van der Waals surface area contributed by atoms with Crippen LogP contribution in [0.25, 0.3) is 0 Å². The zero-order chi connectivity index (χ0) is 14.7. The van der Waals surface area contributed by atoms with Gasteiger partial charge in [-0.2, -0.15) is 0 Å². The Labute approximate surface area is 132 Å². The Balaban J connectivity index is 1.61. The zero-order valence-electron chi connectivity index (χ0n) is 12.9. The molecule has 1 aromatic rings. The molecule has 3 rings (SSSR count). The van der Waals surface area contributed by atoms with Gasteiger partial charge in [-0.1, -0.05) is 19.8 Å². The molecule has 1 heterocycles. The fourth-order valence-corrected chi connectivity index (χ4v) is 4.95. The van der Waals surface area contributed by atoms with Gasteiger partial charge in [0.05, 0.1) is 0 Å². The van der Waals surface area contributed by atoms with Crippen LogP contribution in [0.2, 0.25) is 0 Å². The molecule has 1 aromatic carbocycles. The van der Waals surface area contributed by atoms with Gasteiger partial charge in [0.1, 0.15) is 5.82 Å². The van der Waals surface area contributed by atoms with E-state index in [0.717, 1.165) is 18.1 Å². The van der Waals surface area contributed by atoms with Gasteiger partial charge < -0.3 is 5.32 Å². The first-order valence-corrected chi connectivity index (χ1v) is 9.43. The van der Waals surface area contributed by atoms with Gasteiger partial charge in [-0.25, -0.2) is 4.39 Å². The zero-order valence-corrected chi connectivity index (χ0v) is 13.7. The highest BCUT2D eigenvalue weighted by molar-refractivity contribution is 7.99. The smallest absolute Gasteiger partial charge is 0.123 e. The van der Waals surface area contributed by atoms with Crippen molar-refractivity contribution in [1.29, 1.82) is 0 Å². The van der Waals surface area contributed by atoms with Crippen molar-refractivity contribution in [3.8, 4) is 0 Å². The maximum absolute atomic E-state index is 13.5. The number of fused-ring (bicyclic) bond motifs is 1. The van der Waals surface area contributed by atoms with Gasteiger partial charge in [-0.3, -0.25) is 0 Å². The third-order valence-corrected chi connectivity index (χ3v) is 6.11. The minimum Gasteiger partial charge on any atom is -0.307 e. The molecule has 1 aliphatic carbocycles. The Kier molecular flexibility index (Phi) is 5.23. The highest BCUT2D eigenvalue weighted by Gasteiger charge is 2.26. The first kappa shape index (κ1) is 15.4. The van der Waals surface area contributed by atoms with Gasteiger partial charge in [0.15, 0.2) is 0 Å². The third kappa shape index (κ3) is 3.81. The van der Waals surface area contributed by atoms with Gasteiger partial charge in [0, 0.05) is 17.0 Å². The van der Waals surface area contributed by atoms with Crippen molar-refractivity contribution in [3.63, 3.8) is 0 Å². The molecule has 2 aliphatic rings. The van der Waals surface area contributed by atoms with Crippen LogP contribution in [0.15, 0.2) is 23.1 Å². The van der Waals surface area contributed by atoms with Crippen molar-refractivity contribution in [2.75, 3.05) is 5.75 Å². The molecule has 1 saturated carbocycles. The topological polar surface area (TPSA) is 12.0 Å². The van der Waals surface area contributed by atoms with Crippen molar-refractivity contribution in [1.82, 2.24) is 5.32 Å². The lowest BCUT2D eigenvalue weighted by Gasteiger charge is -2.34. The van der Waals surface area contributed by atoms with Crippen LogP contribution in [0.4, 0.5) is 4.39 Å². The van der Waals surface area contributed by atoms with Crippen LogP contribution in [0, 0.1) is 11.7 Å². The molecule has 1 aliphatic heterocycles. The number of rotatable bonds is 4. The monoisotopic (exact) mass is 307 g/mol. The van der Waals surface area contributed by atoms with Gasteiger partial charge in [-0.15, -0.1) is 11.8 Å². The summed E-state index contributed by atoms with van der Waals surface area (Å²) >= 11 is 1.86. The number of halogens is 1. The van der Waals surface area contributed by atoms with Crippen LogP contribution in [-0.2, 0) is 0 Å². The van der Waals surface area contributed by atoms with Crippen LogP contribution in [0.3, 0.4) is 0 Å². The summed E-state index contributed by atoms with van der Waals surface area (Å²) in [7, 11) is 0. The van der Waals surface area contributed by atoms with Crippen molar-refractivity contribution >= 4 is 11.8 Å². The van der Waals surface area contributed by atoms with Gasteiger partial charge in [-0.05, 0) is 67.5 Å². The molecule has 1 nitrogen and oxygen atoms in total. The summed E-state index contributed by atoms with van der Waals surface area (Å²) in [6.45, 7) is 2.29. The number of thioether (sulfide) groups is 1. The van der Waals surface area contributed by atoms with Gasteiger partial charge in [0.25, 0.3) is 0 Å². The quantitative estimate of drug-likeness (QED) is 0.809. The number of hydrogen-bond acceptors (Lipinski definition) is 2. The second kappa shape index (κ2) is 7.15. The molecule has 1 N–H and O–H groups in total. The Hall–Kier alpha value is -0.540.